The van der Waals surface area contributed by atoms with Gasteiger partial charge in [-0.25, -0.2) is 0 Å². The zero-order chi connectivity index (χ0) is 14.7. The highest BCUT2D eigenvalue weighted by atomic mass is 16.5. The van der Waals surface area contributed by atoms with Crippen LogP contribution in [-0.2, 0) is 14.3 Å². The summed E-state index contributed by atoms with van der Waals surface area (Å²) >= 11 is 0. The van der Waals surface area contributed by atoms with Gasteiger partial charge in [0.2, 0.25) is 0 Å². The summed E-state index contributed by atoms with van der Waals surface area (Å²) in [5.41, 5.74) is 0. The first-order valence-corrected chi connectivity index (χ1v) is 7.11. The molecular formula is C14H29NO4. The van der Waals surface area contributed by atoms with E-state index in [-0.39, 0.29) is 12.1 Å². The summed E-state index contributed by atoms with van der Waals surface area (Å²) in [5, 5.41) is 12.7. The van der Waals surface area contributed by atoms with Crippen LogP contribution < -0.4 is 5.32 Å². The number of esters is 1. The van der Waals surface area contributed by atoms with Gasteiger partial charge in [-0.2, -0.15) is 0 Å². The van der Waals surface area contributed by atoms with Crippen molar-refractivity contribution in [1.29, 1.82) is 0 Å². The van der Waals surface area contributed by atoms with Crippen molar-refractivity contribution in [1.82, 2.24) is 5.32 Å². The van der Waals surface area contributed by atoms with Gasteiger partial charge in [-0.05, 0) is 26.2 Å². The average molecular weight is 275 g/mol. The standard InChI is InChI=1S/C14H29NO4/c1-5-18-14(17)6-7-15-9-13(16)10-19-12(4)8-11(2)3/h11-13,15-16H,5-10H2,1-4H3. The first-order valence-electron chi connectivity index (χ1n) is 7.11. The summed E-state index contributed by atoms with van der Waals surface area (Å²) in [5.74, 6) is 0.376. The molecule has 2 N–H and O–H groups in total. The zero-order valence-electron chi connectivity index (χ0n) is 12.6. The van der Waals surface area contributed by atoms with Crippen LogP contribution in [0.5, 0.6) is 0 Å². The molecule has 5 nitrogen and oxygen atoms in total. The highest BCUT2D eigenvalue weighted by molar-refractivity contribution is 5.69. The Morgan fingerprint density at radius 2 is 2.00 bits per heavy atom. The summed E-state index contributed by atoms with van der Waals surface area (Å²) in [6, 6.07) is 0. The third kappa shape index (κ3) is 12.1. The van der Waals surface area contributed by atoms with Crippen molar-refractivity contribution in [3.8, 4) is 0 Å². The zero-order valence-corrected chi connectivity index (χ0v) is 12.6. The molecule has 0 fully saturated rings. The molecule has 0 aliphatic rings. The molecule has 0 aliphatic carbocycles. The second-order valence-corrected chi connectivity index (χ2v) is 5.19. The minimum absolute atomic E-state index is 0.161. The number of nitrogens with one attached hydrogen (secondary N) is 1. The van der Waals surface area contributed by atoms with Gasteiger partial charge in [0.1, 0.15) is 0 Å². The Kier molecular flexibility index (Phi) is 10.8. The second-order valence-electron chi connectivity index (χ2n) is 5.19. The molecule has 19 heavy (non-hydrogen) atoms. The molecule has 0 rings (SSSR count). The molecule has 5 heteroatoms. The van der Waals surface area contributed by atoms with Crippen LogP contribution in [0.3, 0.4) is 0 Å². The summed E-state index contributed by atoms with van der Waals surface area (Å²) in [6.07, 6.45) is 0.930. The quantitative estimate of drug-likeness (QED) is 0.440. The number of hydrogen-bond acceptors (Lipinski definition) is 5. The molecule has 2 unspecified atom stereocenters. The predicted octanol–water partition coefficient (Wildman–Crippen LogP) is 1.34. The Morgan fingerprint density at radius 3 is 2.58 bits per heavy atom. The van der Waals surface area contributed by atoms with Gasteiger partial charge in [-0.3, -0.25) is 4.79 Å². The van der Waals surface area contributed by atoms with Gasteiger partial charge in [0, 0.05) is 13.1 Å². The number of carbonyl (C=O) groups is 1. The lowest BCUT2D eigenvalue weighted by molar-refractivity contribution is -0.143. The van der Waals surface area contributed by atoms with Crippen molar-refractivity contribution in [3.05, 3.63) is 0 Å². The molecule has 0 aliphatic heterocycles. The lowest BCUT2D eigenvalue weighted by Gasteiger charge is -2.18. The summed E-state index contributed by atoms with van der Waals surface area (Å²) in [4.78, 5) is 11.1. The highest BCUT2D eigenvalue weighted by Gasteiger charge is 2.09. The molecule has 0 radical (unpaired) electrons. The van der Waals surface area contributed by atoms with Gasteiger partial charge in [0.25, 0.3) is 0 Å². The van der Waals surface area contributed by atoms with Gasteiger partial charge in [0.05, 0.1) is 31.8 Å². The average Bonchev–Trinajstić information content (AvgIpc) is 2.31. The molecule has 0 aromatic heterocycles. The second kappa shape index (κ2) is 11.2. The van der Waals surface area contributed by atoms with Crippen LogP contribution in [0.4, 0.5) is 0 Å². The monoisotopic (exact) mass is 275 g/mol. The highest BCUT2D eigenvalue weighted by Crippen LogP contribution is 2.07. The van der Waals surface area contributed by atoms with E-state index >= 15 is 0 Å². The third-order valence-corrected chi connectivity index (χ3v) is 2.57. The van der Waals surface area contributed by atoms with Gasteiger partial charge in [0.15, 0.2) is 0 Å². The SMILES string of the molecule is CCOC(=O)CCNCC(O)COC(C)CC(C)C. The largest absolute Gasteiger partial charge is 0.466 e. The number of hydrogen-bond donors (Lipinski definition) is 2. The Morgan fingerprint density at radius 1 is 1.32 bits per heavy atom. The Hall–Kier alpha value is -0.650. The number of carbonyl (C=O) groups excluding carboxylic acids is 1. The van der Waals surface area contributed by atoms with Gasteiger partial charge in [-0.15, -0.1) is 0 Å². The topological polar surface area (TPSA) is 67.8 Å². The van der Waals surface area contributed by atoms with E-state index in [2.05, 4.69) is 19.2 Å². The fraction of sp³-hybridized carbons (Fsp3) is 0.929. The number of rotatable bonds is 11. The molecule has 0 aromatic rings. The maximum atomic E-state index is 11.1. The van der Waals surface area contributed by atoms with Crippen LogP contribution >= 0.6 is 0 Å². The smallest absolute Gasteiger partial charge is 0.307 e. The number of ether oxygens (including phenoxy) is 2. The number of aliphatic hydroxyl groups excluding tert-OH is 1. The Bertz CT molecular complexity index is 233. The van der Waals surface area contributed by atoms with Crippen molar-refractivity contribution < 1.29 is 19.4 Å². The van der Waals surface area contributed by atoms with Gasteiger partial charge < -0.3 is 19.9 Å². The van der Waals surface area contributed by atoms with Crippen LogP contribution in [0.1, 0.15) is 40.5 Å². The van der Waals surface area contributed by atoms with Crippen molar-refractivity contribution in [3.63, 3.8) is 0 Å². The lowest BCUT2D eigenvalue weighted by Crippen LogP contribution is -2.33. The fourth-order valence-electron chi connectivity index (χ4n) is 1.76. The van der Waals surface area contributed by atoms with Crippen molar-refractivity contribution in [2.24, 2.45) is 5.92 Å². The molecule has 0 heterocycles. The fourth-order valence-corrected chi connectivity index (χ4v) is 1.76. The van der Waals surface area contributed by atoms with E-state index in [4.69, 9.17) is 9.47 Å². The molecule has 0 amide bonds. The van der Waals surface area contributed by atoms with E-state index in [0.29, 0.717) is 38.6 Å². The van der Waals surface area contributed by atoms with Crippen molar-refractivity contribution in [2.75, 3.05) is 26.3 Å². The van der Waals surface area contributed by atoms with E-state index in [9.17, 15) is 9.90 Å². The van der Waals surface area contributed by atoms with E-state index in [1.807, 2.05) is 6.92 Å². The molecule has 2 atom stereocenters. The van der Waals surface area contributed by atoms with Crippen molar-refractivity contribution >= 4 is 5.97 Å². The molecule has 0 saturated heterocycles. The first kappa shape index (κ1) is 18.4. The lowest BCUT2D eigenvalue weighted by atomic mass is 10.1. The van der Waals surface area contributed by atoms with Crippen LogP contribution in [0.15, 0.2) is 0 Å². The first-order chi connectivity index (χ1) is 8.95. The minimum atomic E-state index is -0.545. The summed E-state index contributed by atoms with van der Waals surface area (Å²) in [7, 11) is 0. The summed E-state index contributed by atoms with van der Waals surface area (Å²) < 4.78 is 10.3. The normalized spacial score (nSPS) is 14.4. The number of aliphatic hydroxyl groups is 1. The Balaban J connectivity index is 3.49. The molecule has 114 valence electrons. The molecule has 0 aromatic carbocycles. The van der Waals surface area contributed by atoms with E-state index in [1.165, 1.54) is 0 Å². The predicted molar refractivity (Wildman–Crippen MR) is 75.0 cm³/mol. The summed E-state index contributed by atoms with van der Waals surface area (Å²) in [6.45, 7) is 9.75. The van der Waals surface area contributed by atoms with E-state index in [1.54, 1.807) is 6.92 Å². The minimum Gasteiger partial charge on any atom is -0.466 e. The third-order valence-electron chi connectivity index (χ3n) is 2.57. The van der Waals surface area contributed by atoms with Crippen LogP contribution in [-0.4, -0.2) is 49.6 Å². The van der Waals surface area contributed by atoms with Crippen LogP contribution in [0.25, 0.3) is 0 Å². The maximum absolute atomic E-state index is 11.1. The maximum Gasteiger partial charge on any atom is 0.307 e. The van der Waals surface area contributed by atoms with Gasteiger partial charge >= 0.3 is 5.97 Å². The van der Waals surface area contributed by atoms with E-state index < -0.39 is 6.10 Å². The van der Waals surface area contributed by atoms with Crippen molar-refractivity contribution in [2.45, 2.75) is 52.7 Å². The van der Waals surface area contributed by atoms with Crippen LogP contribution in [0.2, 0.25) is 0 Å². The van der Waals surface area contributed by atoms with E-state index in [0.717, 1.165) is 6.42 Å². The Labute approximate surface area is 116 Å². The molecule has 0 spiro atoms. The van der Waals surface area contributed by atoms with Gasteiger partial charge in [-0.1, -0.05) is 13.8 Å². The van der Waals surface area contributed by atoms with Crippen LogP contribution in [0, 0.1) is 5.92 Å². The molecule has 0 bridgehead atoms. The molecular weight excluding hydrogens is 246 g/mol. The molecule has 0 saturated carbocycles.